The van der Waals surface area contributed by atoms with Crippen LogP contribution in [0.4, 0.5) is 0 Å². The molecule has 0 aromatic carbocycles. The molecule has 20 N–H and O–H groups in total. The number of hydrogen-bond donors (Lipinski definition) is 0. The normalized spacial score (nSPS) is 3.41. The quantitative estimate of drug-likeness (QED) is 0.228. The molecule has 0 aromatic heterocycles. The number of rotatable bonds is 0. The smallest absolute Gasteiger partial charge is 0.759 e. The molecule has 0 spiro atoms. The van der Waals surface area contributed by atoms with Gasteiger partial charge in [0.15, 0.2) is 0 Å². The summed E-state index contributed by atoms with van der Waals surface area (Å²) in [4.78, 5) is 0. The summed E-state index contributed by atoms with van der Waals surface area (Å²) in [5, 5.41) is 0. The van der Waals surface area contributed by atoms with Crippen molar-refractivity contribution in [3.05, 3.63) is 0 Å². The maximum atomic E-state index is 8.52. The Morgan fingerprint density at radius 3 is 0.529 bits per heavy atom. The molecule has 14 nitrogen and oxygen atoms in total. The Balaban J connectivity index is -0.00000000121. The van der Waals surface area contributed by atoms with Gasteiger partial charge < -0.3 is 63.9 Å². The third kappa shape index (κ3) is 1610. The van der Waals surface area contributed by atoms with Gasteiger partial charge in [0.2, 0.25) is 0 Å². The van der Waals surface area contributed by atoms with Gasteiger partial charge in [0.25, 0.3) is 0 Å². The van der Waals surface area contributed by atoms with Crippen molar-refractivity contribution in [1.82, 2.24) is 0 Å². The fraction of sp³-hybridized carbons (Fsp3) is 0. The van der Waals surface area contributed by atoms with Gasteiger partial charge in [-0.1, -0.05) is 0 Å². The van der Waals surface area contributed by atoms with Gasteiger partial charge in [0, 0.05) is 10.4 Å². The summed E-state index contributed by atoms with van der Waals surface area (Å²) >= 11 is 0. The Kier molecular flexibility index (Phi) is 898. The minimum atomic E-state index is -5.17. The molecule has 0 atom stereocenters. The van der Waals surface area contributed by atoms with E-state index in [0.29, 0.717) is 0 Å². The molecule has 0 saturated carbocycles. The molecule has 0 aromatic rings. The van der Waals surface area contributed by atoms with Crippen molar-refractivity contribution in [3.8, 4) is 0 Å². The average molecular weight is 367 g/mol. The van der Waals surface area contributed by atoms with Crippen LogP contribution in [-0.4, -0.2) is 72.3 Å². The Morgan fingerprint density at radius 1 is 0.529 bits per heavy atom. The molecule has 17 heavy (non-hydrogen) atoms. The van der Waals surface area contributed by atoms with E-state index in [1.165, 1.54) is 0 Å². The molecular weight excluding hydrogens is 347 g/mol. The monoisotopic (exact) mass is 367 g/mol. The van der Waals surface area contributed by atoms with Crippen molar-refractivity contribution in [3.63, 3.8) is 0 Å². The molecule has 0 unspecified atom stereocenters. The first-order chi connectivity index (χ1) is 2.00. The minimum absolute atomic E-state index is 0. The molecule has 0 bridgehead atoms. The zero-order valence-corrected chi connectivity index (χ0v) is 13.7. The van der Waals surface area contributed by atoms with Crippen LogP contribution >= 0.6 is 0 Å². The molecule has 17 heteroatoms. The van der Waals surface area contributed by atoms with Gasteiger partial charge in [-0.15, -0.1) is 0 Å². The zero-order valence-electron chi connectivity index (χ0n) is 8.45. The van der Waals surface area contributed by atoms with Crippen LogP contribution in [0.2, 0.25) is 0 Å². The average Bonchev–Trinajstić information content (AvgIpc) is 0.722. The van der Waals surface area contributed by atoms with Gasteiger partial charge in [-0.25, -0.2) is 0 Å². The van der Waals surface area contributed by atoms with Crippen LogP contribution in [0.25, 0.3) is 0 Å². The van der Waals surface area contributed by atoms with Crippen LogP contribution in [0.3, 0.4) is 0 Å². The second kappa shape index (κ2) is 83.7. The van der Waals surface area contributed by atoms with Gasteiger partial charge >= 0.3 is 68.7 Å². The molecule has 0 rings (SSSR count). The second-order valence-corrected chi connectivity index (χ2v) is 1.22. The largest absolute Gasteiger partial charge is 2.00 e. The first-order valence-corrected chi connectivity index (χ1v) is 2.00. The summed E-state index contributed by atoms with van der Waals surface area (Å²) in [5.41, 5.74) is 0. The van der Waals surface area contributed by atoms with Gasteiger partial charge in [0.05, 0.1) is 0 Å². The van der Waals surface area contributed by atoms with Crippen LogP contribution in [-0.2, 0) is 27.8 Å². The van der Waals surface area contributed by atoms with E-state index in [-0.39, 0.29) is 124 Å². The summed E-state index contributed by atoms with van der Waals surface area (Å²) in [6.07, 6.45) is 0. The van der Waals surface area contributed by atoms with Crippen molar-refractivity contribution in [2.24, 2.45) is 0 Å². The van der Waals surface area contributed by atoms with Gasteiger partial charge in [-0.3, -0.25) is 8.42 Å². The topological polar surface area (TPSA) is 395 Å². The Bertz CT molecular complexity index is 99.4. The van der Waals surface area contributed by atoms with Crippen molar-refractivity contribution in [1.29, 1.82) is 0 Å². The molecule has 0 aliphatic heterocycles. The molecule has 0 aliphatic carbocycles. The number of hydrogen-bond acceptors (Lipinski definition) is 4. The van der Waals surface area contributed by atoms with Crippen molar-refractivity contribution in [2.45, 2.75) is 0 Å². The first kappa shape index (κ1) is 182. The van der Waals surface area contributed by atoms with Crippen molar-refractivity contribution < 1.29 is 141 Å². The van der Waals surface area contributed by atoms with E-state index in [1.54, 1.807) is 0 Å². The molecule has 0 heterocycles. The minimum Gasteiger partial charge on any atom is -0.759 e. The summed E-state index contributed by atoms with van der Waals surface area (Å²) in [6.45, 7) is 0. The van der Waals surface area contributed by atoms with Gasteiger partial charge in [-0.05, 0) is 0 Å². The Hall–Kier alpha value is 1.64. The van der Waals surface area contributed by atoms with E-state index in [9.17, 15) is 0 Å². The second-order valence-electron chi connectivity index (χ2n) is 0.408. The molecule has 0 saturated heterocycles. The maximum absolute atomic E-state index is 8.52. The fourth-order valence-electron chi connectivity index (χ4n) is 0. The van der Waals surface area contributed by atoms with E-state index in [0.717, 1.165) is 0 Å². The molecule has 0 aliphatic rings. The van der Waals surface area contributed by atoms with E-state index in [1.807, 2.05) is 0 Å². The summed E-state index contributed by atoms with van der Waals surface area (Å²) < 4.78 is 34.1. The predicted molar refractivity (Wildman–Crippen MR) is 46.6 cm³/mol. The molecule has 0 amide bonds. The van der Waals surface area contributed by atoms with Crippen molar-refractivity contribution >= 4 is 10.4 Å². The van der Waals surface area contributed by atoms with E-state index >= 15 is 0 Å². The Morgan fingerprint density at radius 2 is 0.529 bits per heavy atom. The third-order valence-corrected chi connectivity index (χ3v) is 0. The van der Waals surface area contributed by atoms with Gasteiger partial charge in [-0.2, -0.15) is 0 Å². The van der Waals surface area contributed by atoms with Crippen LogP contribution < -0.4 is 51.4 Å². The first-order valence-electron chi connectivity index (χ1n) is 0.667. The van der Waals surface area contributed by atoms with Crippen LogP contribution in [0.5, 0.6) is 0 Å². The molecule has 0 fully saturated rings. The molecule has 116 valence electrons. The SMILES string of the molecule is O.O.O.O.O.O.O.O.O.O.O=S(=O)([O-])[O-].[Cr+2].[K+]. The fourth-order valence-corrected chi connectivity index (χ4v) is 0. The van der Waals surface area contributed by atoms with Crippen molar-refractivity contribution in [2.75, 3.05) is 0 Å². The predicted octanol–water partition coefficient (Wildman–Crippen LogP) is -12.6. The zero-order chi connectivity index (χ0) is 4.50. The van der Waals surface area contributed by atoms with E-state index in [2.05, 4.69) is 0 Å². The van der Waals surface area contributed by atoms with E-state index < -0.39 is 10.4 Å². The summed E-state index contributed by atoms with van der Waals surface area (Å²) in [6, 6.07) is 0. The van der Waals surface area contributed by atoms with E-state index in [4.69, 9.17) is 17.5 Å². The third-order valence-electron chi connectivity index (χ3n) is 0. The summed E-state index contributed by atoms with van der Waals surface area (Å²) in [5.74, 6) is 0. The van der Waals surface area contributed by atoms with Gasteiger partial charge in [0.1, 0.15) is 0 Å². The van der Waals surface area contributed by atoms with Crippen LogP contribution in [0.15, 0.2) is 0 Å². The Labute approximate surface area is 150 Å². The standard InChI is InChI=1S/Cr.K.H2O4S.10H2O/c;;1-5(2,3)4;;;;;;;;;;/h;;(H2,1,2,3,4);10*1H2/q+2;+1;;;;;;;;;;;/p-2. The molecule has 0 radical (unpaired) electrons. The van der Waals surface area contributed by atoms with Crippen LogP contribution in [0.1, 0.15) is 0 Å². The maximum Gasteiger partial charge on any atom is 2.00 e. The molecular formula is H20CrKO14S+. The van der Waals surface area contributed by atoms with Crippen LogP contribution in [0, 0.1) is 0 Å². The summed E-state index contributed by atoms with van der Waals surface area (Å²) in [7, 11) is -5.17.